The normalized spacial score (nSPS) is 19.8. The highest BCUT2D eigenvalue weighted by molar-refractivity contribution is 5.55. The van der Waals surface area contributed by atoms with Gasteiger partial charge in [-0.2, -0.15) is 5.12 Å². The summed E-state index contributed by atoms with van der Waals surface area (Å²) in [7, 11) is 0. The van der Waals surface area contributed by atoms with Crippen LogP contribution in [0.1, 0.15) is 0 Å². The van der Waals surface area contributed by atoms with E-state index in [1.807, 2.05) is 0 Å². The Morgan fingerprint density at radius 2 is 2.67 bits per heavy atom. The number of rotatable bonds is 0. The summed E-state index contributed by atoms with van der Waals surface area (Å²) in [6, 6.07) is 0. The zero-order valence-corrected chi connectivity index (χ0v) is 3.26. The summed E-state index contributed by atoms with van der Waals surface area (Å²) >= 11 is 0. The molecule has 3 heteroatoms. The van der Waals surface area contributed by atoms with E-state index >= 15 is 0 Å². The van der Waals surface area contributed by atoms with Crippen molar-refractivity contribution in [2.24, 2.45) is 4.99 Å². The first-order valence-electron chi connectivity index (χ1n) is 1.82. The summed E-state index contributed by atoms with van der Waals surface area (Å²) in [4.78, 5) is 3.59. The maximum atomic E-state index is 11.6. The summed E-state index contributed by atoms with van der Waals surface area (Å²) in [5.41, 5.74) is 0. The molecule has 0 aliphatic carbocycles. The van der Waals surface area contributed by atoms with Gasteiger partial charge in [0.25, 0.3) is 0 Å². The Kier molecular flexibility index (Phi) is 0.742. The van der Waals surface area contributed by atoms with E-state index in [-0.39, 0.29) is 0 Å². The highest BCUT2D eigenvalue weighted by Gasteiger charge is 1.98. The first-order chi connectivity index (χ1) is 2.89. The smallest absolute Gasteiger partial charge is 0.115 e. The van der Waals surface area contributed by atoms with Crippen molar-refractivity contribution in [1.29, 1.82) is 0 Å². The molecule has 1 rings (SSSR count). The molecule has 0 saturated carbocycles. The van der Waals surface area contributed by atoms with Crippen LogP contribution in [0.3, 0.4) is 0 Å². The molecule has 0 bridgehead atoms. The molecule has 0 atom stereocenters. The number of hydrogen-bond acceptors (Lipinski definition) is 2. The minimum absolute atomic E-state index is 0.431. The van der Waals surface area contributed by atoms with Gasteiger partial charge in [0.05, 0.1) is 13.1 Å². The minimum Gasteiger partial charge on any atom is -0.271 e. The van der Waals surface area contributed by atoms with Crippen molar-refractivity contribution in [2.75, 3.05) is 13.1 Å². The molecule has 0 amide bonds. The summed E-state index contributed by atoms with van der Waals surface area (Å²) in [5, 5.41) is 0.569. The van der Waals surface area contributed by atoms with E-state index in [2.05, 4.69) is 4.99 Å². The van der Waals surface area contributed by atoms with Crippen LogP contribution in [0.4, 0.5) is 4.48 Å². The molecule has 0 unspecified atom stereocenters. The zero-order chi connectivity index (χ0) is 4.41. The van der Waals surface area contributed by atoms with Crippen LogP contribution in [0.25, 0.3) is 0 Å². The zero-order valence-electron chi connectivity index (χ0n) is 3.26. The first kappa shape index (κ1) is 3.59. The number of halogens is 1. The van der Waals surface area contributed by atoms with Crippen LogP contribution in [0, 0.1) is 0 Å². The lowest BCUT2D eigenvalue weighted by Crippen LogP contribution is -2.05. The second-order valence-electron chi connectivity index (χ2n) is 1.14. The topological polar surface area (TPSA) is 15.6 Å². The van der Waals surface area contributed by atoms with Crippen molar-refractivity contribution in [2.45, 2.75) is 0 Å². The van der Waals surface area contributed by atoms with E-state index in [4.69, 9.17) is 0 Å². The Morgan fingerprint density at radius 1 is 1.83 bits per heavy atom. The van der Waals surface area contributed by atoms with E-state index in [9.17, 15) is 4.48 Å². The number of nitrogens with zero attached hydrogens (tertiary/aromatic N) is 2. The predicted molar refractivity (Wildman–Crippen MR) is 21.2 cm³/mol. The van der Waals surface area contributed by atoms with Crippen LogP contribution in [-0.4, -0.2) is 24.6 Å². The van der Waals surface area contributed by atoms with Gasteiger partial charge < -0.3 is 0 Å². The van der Waals surface area contributed by atoms with E-state index in [0.29, 0.717) is 18.2 Å². The highest BCUT2D eigenvalue weighted by Crippen LogP contribution is 1.89. The standard InChI is InChI=1S/C3H5FN2/c4-6-2-1-5-3-6/h3H,1-2H2. The Bertz CT molecular complexity index is 71.2. The fraction of sp³-hybridized carbons (Fsp3) is 0.667. The fourth-order valence-electron chi connectivity index (χ4n) is 0.357. The van der Waals surface area contributed by atoms with Crippen molar-refractivity contribution in [1.82, 2.24) is 5.12 Å². The molecule has 0 aromatic carbocycles. The lowest BCUT2D eigenvalue weighted by atomic mass is 10.7. The Balaban J connectivity index is 2.38. The van der Waals surface area contributed by atoms with Gasteiger partial charge >= 0.3 is 0 Å². The fourth-order valence-corrected chi connectivity index (χ4v) is 0.357. The third kappa shape index (κ3) is 0.478. The summed E-state index contributed by atoms with van der Waals surface area (Å²) < 4.78 is 11.6. The summed E-state index contributed by atoms with van der Waals surface area (Å²) in [6.45, 7) is 1.04. The number of hydrogen-bond donors (Lipinski definition) is 0. The van der Waals surface area contributed by atoms with Crippen LogP contribution in [0.15, 0.2) is 4.99 Å². The molecular weight excluding hydrogens is 83.0 g/mol. The van der Waals surface area contributed by atoms with Gasteiger partial charge in [0, 0.05) is 0 Å². The van der Waals surface area contributed by atoms with Gasteiger partial charge in [-0.15, -0.1) is 0 Å². The Morgan fingerprint density at radius 3 is 2.83 bits per heavy atom. The predicted octanol–water partition coefficient (Wildman–Crippen LogP) is 0.215. The molecule has 0 radical (unpaired) electrons. The van der Waals surface area contributed by atoms with Gasteiger partial charge in [-0.3, -0.25) is 4.99 Å². The van der Waals surface area contributed by atoms with Gasteiger partial charge in [-0.05, 0) is 0 Å². The van der Waals surface area contributed by atoms with Gasteiger partial charge in [0.1, 0.15) is 6.34 Å². The minimum atomic E-state index is 0.431. The Labute approximate surface area is 35.2 Å². The molecule has 0 fully saturated rings. The SMILES string of the molecule is FN1C=NCC1. The number of aliphatic imine (C=N–C) groups is 1. The largest absolute Gasteiger partial charge is 0.271 e. The molecule has 1 aliphatic rings. The maximum Gasteiger partial charge on any atom is 0.115 e. The molecule has 0 spiro atoms. The van der Waals surface area contributed by atoms with Crippen molar-refractivity contribution < 1.29 is 4.48 Å². The molecule has 34 valence electrons. The van der Waals surface area contributed by atoms with Crippen molar-refractivity contribution >= 4 is 6.34 Å². The average Bonchev–Trinajstić information content (AvgIpc) is 1.86. The maximum absolute atomic E-state index is 11.6. The van der Waals surface area contributed by atoms with Crippen molar-refractivity contribution in [3.63, 3.8) is 0 Å². The van der Waals surface area contributed by atoms with Gasteiger partial charge in [0.2, 0.25) is 0 Å². The van der Waals surface area contributed by atoms with Gasteiger partial charge in [0.15, 0.2) is 0 Å². The Hall–Kier alpha value is -0.600. The van der Waals surface area contributed by atoms with E-state index < -0.39 is 0 Å². The molecule has 6 heavy (non-hydrogen) atoms. The molecule has 1 aliphatic heterocycles. The molecule has 1 heterocycles. The molecule has 2 nitrogen and oxygen atoms in total. The quantitative estimate of drug-likeness (QED) is 0.386. The van der Waals surface area contributed by atoms with E-state index in [0.717, 1.165) is 0 Å². The first-order valence-corrected chi connectivity index (χ1v) is 1.82. The van der Waals surface area contributed by atoms with E-state index in [1.54, 1.807) is 0 Å². The van der Waals surface area contributed by atoms with Gasteiger partial charge in [-0.25, -0.2) is 0 Å². The summed E-state index contributed by atoms with van der Waals surface area (Å²) in [6.07, 6.45) is 1.19. The molecular formula is C3H5FN2. The second kappa shape index (κ2) is 1.24. The van der Waals surface area contributed by atoms with Crippen molar-refractivity contribution in [3.8, 4) is 0 Å². The van der Waals surface area contributed by atoms with Crippen LogP contribution in [0.5, 0.6) is 0 Å². The van der Waals surface area contributed by atoms with Crippen LogP contribution in [-0.2, 0) is 0 Å². The van der Waals surface area contributed by atoms with Gasteiger partial charge in [-0.1, -0.05) is 4.48 Å². The van der Waals surface area contributed by atoms with Crippen LogP contribution in [0.2, 0.25) is 0 Å². The monoisotopic (exact) mass is 88.0 g/mol. The molecule has 0 aromatic rings. The van der Waals surface area contributed by atoms with Crippen LogP contribution < -0.4 is 0 Å². The molecule has 0 aromatic heterocycles. The molecule has 0 N–H and O–H groups in total. The molecule has 0 saturated heterocycles. The lowest BCUT2D eigenvalue weighted by Gasteiger charge is -1.92. The van der Waals surface area contributed by atoms with Crippen molar-refractivity contribution in [3.05, 3.63) is 0 Å². The van der Waals surface area contributed by atoms with Crippen LogP contribution >= 0.6 is 0 Å². The second-order valence-corrected chi connectivity index (χ2v) is 1.14. The van der Waals surface area contributed by atoms with E-state index in [1.165, 1.54) is 6.34 Å². The highest BCUT2D eigenvalue weighted by atomic mass is 19.2. The average molecular weight is 88.1 g/mol. The third-order valence-electron chi connectivity index (χ3n) is 0.650. The third-order valence-corrected chi connectivity index (χ3v) is 0.650. The lowest BCUT2D eigenvalue weighted by molar-refractivity contribution is 0.146. The summed E-state index contributed by atoms with van der Waals surface area (Å²) in [5.74, 6) is 0.